The molecule has 2 atom stereocenters. The van der Waals surface area contributed by atoms with E-state index in [0.717, 1.165) is 48.7 Å². The van der Waals surface area contributed by atoms with Crippen LogP contribution >= 0.6 is 11.3 Å². The summed E-state index contributed by atoms with van der Waals surface area (Å²) in [6.45, 7) is 3.80. The number of aliphatic hydroxyl groups is 1. The summed E-state index contributed by atoms with van der Waals surface area (Å²) in [5, 5.41) is 10.8. The number of benzene rings is 2. The zero-order valence-corrected chi connectivity index (χ0v) is 16.6. The number of methoxy groups -OCH3 is 1. The number of hydrogen-bond acceptors (Lipinski definition) is 7. The Bertz CT molecular complexity index is 1220. The van der Waals surface area contributed by atoms with Gasteiger partial charge in [-0.1, -0.05) is 0 Å². The predicted molar refractivity (Wildman–Crippen MR) is 109 cm³/mol. The molecule has 1 aliphatic heterocycles. The van der Waals surface area contributed by atoms with Crippen LogP contribution in [0.4, 0.5) is 0 Å². The molecule has 0 radical (unpaired) electrons. The Morgan fingerprint density at radius 3 is 2.89 bits per heavy atom. The monoisotopic (exact) mass is 393 g/mol. The van der Waals surface area contributed by atoms with Gasteiger partial charge in [-0.3, -0.25) is 0 Å². The maximum Gasteiger partial charge on any atom is 0.232 e. The van der Waals surface area contributed by atoms with E-state index in [1.165, 1.54) is 0 Å². The van der Waals surface area contributed by atoms with Gasteiger partial charge < -0.3 is 14.6 Å². The van der Waals surface area contributed by atoms with Gasteiger partial charge in [-0.15, -0.1) is 11.3 Å². The molecule has 4 aromatic rings. The highest BCUT2D eigenvalue weighted by atomic mass is 32.1. The van der Waals surface area contributed by atoms with E-state index in [2.05, 4.69) is 16.0 Å². The molecule has 5 rings (SSSR count). The number of thiazole rings is 1. The van der Waals surface area contributed by atoms with E-state index < -0.39 is 6.10 Å². The molecule has 0 bridgehead atoms. The van der Waals surface area contributed by atoms with Crippen molar-refractivity contribution in [2.45, 2.75) is 32.5 Å². The topological polar surface area (TPSA) is 77.4 Å². The van der Waals surface area contributed by atoms with Gasteiger partial charge in [0.25, 0.3) is 0 Å². The third-order valence-corrected chi connectivity index (χ3v) is 6.21. The summed E-state index contributed by atoms with van der Waals surface area (Å²) in [7, 11) is 1.59. The van der Waals surface area contributed by atoms with Crippen molar-refractivity contribution >= 4 is 32.6 Å². The molecular formula is C21H19N3O3S. The van der Waals surface area contributed by atoms with Gasteiger partial charge in [0, 0.05) is 17.5 Å². The van der Waals surface area contributed by atoms with Crippen LogP contribution < -0.4 is 9.47 Å². The molecule has 6 nitrogen and oxygen atoms in total. The van der Waals surface area contributed by atoms with Crippen molar-refractivity contribution in [1.82, 2.24) is 15.0 Å². The molecule has 7 heteroatoms. The molecule has 1 aliphatic rings. The molecule has 0 saturated carbocycles. The Labute approximate surface area is 165 Å². The molecule has 2 aromatic heterocycles. The quantitative estimate of drug-likeness (QED) is 0.569. The Morgan fingerprint density at radius 2 is 2.11 bits per heavy atom. The molecule has 2 unspecified atom stereocenters. The second kappa shape index (κ2) is 6.39. The highest BCUT2D eigenvalue weighted by molar-refractivity contribution is 7.22. The van der Waals surface area contributed by atoms with Crippen molar-refractivity contribution in [1.29, 1.82) is 0 Å². The van der Waals surface area contributed by atoms with E-state index >= 15 is 0 Å². The lowest BCUT2D eigenvalue weighted by atomic mass is 10.1. The number of aromatic nitrogens is 3. The van der Waals surface area contributed by atoms with Crippen LogP contribution in [0.5, 0.6) is 11.6 Å². The third kappa shape index (κ3) is 2.70. The molecule has 0 saturated heterocycles. The van der Waals surface area contributed by atoms with Crippen LogP contribution in [0.1, 0.15) is 18.1 Å². The normalized spacial score (nSPS) is 16.9. The largest absolute Gasteiger partial charge is 0.487 e. The number of fused-ring (bicyclic) bond motifs is 4. The van der Waals surface area contributed by atoms with Crippen molar-refractivity contribution in [3.63, 3.8) is 0 Å². The summed E-state index contributed by atoms with van der Waals surface area (Å²) in [6.07, 6.45) is 1.61. The van der Waals surface area contributed by atoms with Gasteiger partial charge in [0.1, 0.15) is 16.9 Å². The van der Waals surface area contributed by atoms with Crippen LogP contribution in [0.25, 0.3) is 31.8 Å². The van der Waals surface area contributed by atoms with E-state index in [9.17, 15) is 5.11 Å². The lowest BCUT2D eigenvalue weighted by Gasteiger charge is -2.12. The highest BCUT2D eigenvalue weighted by Gasteiger charge is 2.29. The summed E-state index contributed by atoms with van der Waals surface area (Å²) in [4.78, 5) is 14.0. The van der Waals surface area contributed by atoms with Crippen LogP contribution in [0.2, 0.25) is 0 Å². The molecule has 2 aromatic carbocycles. The summed E-state index contributed by atoms with van der Waals surface area (Å²) < 4.78 is 12.2. The number of aryl methyl sites for hydroxylation is 1. The van der Waals surface area contributed by atoms with Crippen LogP contribution in [0, 0.1) is 6.92 Å². The number of rotatable bonds is 3. The fourth-order valence-electron chi connectivity index (χ4n) is 3.63. The zero-order chi connectivity index (χ0) is 19.4. The van der Waals surface area contributed by atoms with Crippen LogP contribution in [-0.2, 0) is 6.42 Å². The standard InChI is InChI=1S/C21H19N3O3S/c1-10-6-13(19-15(7-10)23-18(26-3)9-22-19)21-24-14-4-5-16-12(20(14)28-21)8-17(27-16)11(2)25/h4-7,9,11,17,25H,8H2,1-3H3. The van der Waals surface area contributed by atoms with Gasteiger partial charge in [0.2, 0.25) is 5.88 Å². The van der Waals surface area contributed by atoms with E-state index in [1.54, 1.807) is 31.6 Å². The van der Waals surface area contributed by atoms with Crippen LogP contribution in [-0.4, -0.2) is 39.4 Å². The van der Waals surface area contributed by atoms with Gasteiger partial charge in [0.15, 0.2) is 0 Å². The minimum Gasteiger partial charge on any atom is -0.487 e. The molecule has 0 amide bonds. The highest BCUT2D eigenvalue weighted by Crippen LogP contribution is 2.42. The first-order valence-electron chi connectivity index (χ1n) is 9.12. The first-order chi connectivity index (χ1) is 13.5. The van der Waals surface area contributed by atoms with E-state index in [1.807, 2.05) is 25.1 Å². The molecule has 0 spiro atoms. The lowest BCUT2D eigenvalue weighted by Crippen LogP contribution is -2.26. The molecule has 0 aliphatic carbocycles. The van der Waals surface area contributed by atoms with Gasteiger partial charge >= 0.3 is 0 Å². The zero-order valence-electron chi connectivity index (χ0n) is 15.8. The summed E-state index contributed by atoms with van der Waals surface area (Å²) in [5.74, 6) is 1.33. The first kappa shape index (κ1) is 17.3. The molecule has 0 fully saturated rings. The van der Waals surface area contributed by atoms with Crippen molar-refractivity contribution in [3.05, 3.63) is 41.6 Å². The molecule has 28 heavy (non-hydrogen) atoms. The smallest absolute Gasteiger partial charge is 0.232 e. The van der Waals surface area contributed by atoms with E-state index in [-0.39, 0.29) is 6.10 Å². The summed E-state index contributed by atoms with van der Waals surface area (Å²) in [6, 6.07) is 8.02. The van der Waals surface area contributed by atoms with Gasteiger partial charge in [-0.25, -0.2) is 15.0 Å². The molecule has 142 valence electrons. The molecular weight excluding hydrogens is 374 g/mol. The van der Waals surface area contributed by atoms with Crippen molar-refractivity contribution in [3.8, 4) is 22.2 Å². The number of aliphatic hydroxyl groups excluding tert-OH is 1. The average Bonchev–Trinajstić information content (AvgIpc) is 3.30. The Morgan fingerprint density at radius 1 is 1.25 bits per heavy atom. The Balaban J connectivity index is 1.68. The van der Waals surface area contributed by atoms with Crippen molar-refractivity contribution in [2.75, 3.05) is 7.11 Å². The SMILES string of the molecule is COc1cnc2c(-c3nc4ccc5c(c4s3)CC(C(C)O)O5)cc(C)cc2n1. The maximum absolute atomic E-state index is 9.91. The van der Waals surface area contributed by atoms with Crippen molar-refractivity contribution < 1.29 is 14.6 Å². The summed E-state index contributed by atoms with van der Waals surface area (Å²) in [5.41, 5.74) is 5.70. The average molecular weight is 393 g/mol. The van der Waals surface area contributed by atoms with Crippen LogP contribution in [0.3, 0.4) is 0 Å². The number of nitrogens with zero attached hydrogens (tertiary/aromatic N) is 3. The third-order valence-electron chi connectivity index (χ3n) is 5.05. The molecule has 3 heterocycles. The van der Waals surface area contributed by atoms with E-state index in [0.29, 0.717) is 12.3 Å². The van der Waals surface area contributed by atoms with Crippen LogP contribution in [0.15, 0.2) is 30.5 Å². The maximum atomic E-state index is 9.91. The molecule has 1 N–H and O–H groups in total. The fourth-order valence-corrected chi connectivity index (χ4v) is 4.76. The van der Waals surface area contributed by atoms with Gasteiger partial charge in [0.05, 0.1) is 40.7 Å². The second-order valence-electron chi connectivity index (χ2n) is 7.10. The first-order valence-corrected chi connectivity index (χ1v) is 9.94. The second-order valence-corrected chi connectivity index (χ2v) is 8.10. The number of ether oxygens (including phenoxy) is 2. The van der Waals surface area contributed by atoms with Gasteiger partial charge in [-0.05, 0) is 43.7 Å². The Hall–Kier alpha value is -2.77. The Kier molecular flexibility index (Phi) is 3.96. The number of hydrogen-bond donors (Lipinski definition) is 1. The summed E-state index contributed by atoms with van der Waals surface area (Å²) >= 11 is 1.63. The van der Waals surface area contributed by atoms with Crippen molar-refractivity contribution in [2.24, 2.45) is 0 Å². The minimum absolute atomic E-state index is 0.204. The minimum atomic E-state index is -0.513. The predicted octanol–water partition coefficient (Wildman–Crippen LogP) is 3.91. The fraction of sp³-hybridized carbons (Fsp3) is 0.286. The lowest BCUT2D eigenvalue weighted by molar-refractivity contribution is 0.0632. The van der Waals surface area contributed by atoms with E-state index in [4.69, 9.17) is 14.5 Å². The van der Waals surface area contributed by atoms with Gasteiger partial charge in [-0.2, -0.15) is 0 Å².